The van der Waals surface area contributed by atoms with Gasteiger partial charge in [-0.1, -0.05) is 6.07 Å². The lowest BCUT2D eigenvalue weighted by Crippen LogP contribution is -2.46. The number of likely N-dealkylation sites (tertiary alicyclic amines) is 1. The fourth-order valence-corrected chi connectivity index (χ4v) is 4.08. The molecule has 27 heavy (non-hydrogen) atoms. The monoisotopic (exact) mass is 367 g/mol. The molecule has 2 fully saturated rings. The Morgan fingerprint density at radius 1 is 0.926 bits per heavy atom. The zero-order valence-electron chi connectivity index (χ0n) is 16.2. The number of piperazine rings is 1. The van der Waals surface area contributed by atoms with Crippen molar-refractivity contribution >= 4 is 5.82 Å². The molecule has 0 atom stereocenters. The molecule has 6 heteroatoms. The molecular weight excluding hydrogens is 338 g/mol. The Labute approximate surface area is 161 Å². The number of ether oxygens (including phenoxy) is 1. The normalized spacial score (nSPS) is 18.8. The minimum Gasteiger partial charge on any atom is -0.496 e. The van der Waals surface area contributed by atoms with Gasteiger partial charge in [-0.15, -0.1) is 0 Å². The predicted molar refractivity (Wildman–Crippen MR) is 107 cm³/mol. The Balaban J connectivity index is 1.36. The van der Waals surface area contributed by atoms with Crippen molar-refractivity contribution in [3.63, 3.8) is 0 Å². The van der Waals surface area contributed by atoms with Crippen LogP contribution in [0.3, 0.4) is 0 Å². The molecule has 2 aromatic rings. The van der Waals surface area contributed by atoms with Crippen LogP contribution in [0.1, 0.15) is 24.0 Å². The topological polar surface area (TPSA) is 44.7 Å². The third-order valence-electron chi connectivity index (χ3n) is 5.59. The molecule has 3 heterocycles. The first kappa shape index (κ1) is 18.2. The van der Waals surface area contributed by atoms with Gasteiger partial charge in [-0.25, -0.2) is 4.98 Å². The summed E-state index contributed by atoms with van der Waals surface area (Å²) in [6.45, 7) is 8.48. The number of hydrogen-bond donors (Lipinski definition) is 0. The van der Waals surface area contributed by atoms with Crippen molar-refractivity contribution in [1.29, 1.82) is 0 Å². The summed E-state index contributed by atoms with van der Waals surface area (Å²) in [7, 11) is 1.77. The minimum absolute atomic E-state index is 0.981. The molecule has 0 unspecified atom stereocenters. The second-order valence-corrected chi connectivity index (χ2v) is 7.46. The van der Waals surface area contributed by atoms with E-state index in [1.54, 1.807) is 19.5 Å². The molecule has 6 nitrogen and oxygen atoms in total. The third kappa shape index (κ3) is 4.57. The van der Waals surface area contributed by atoms with Crippen LogP contribution in [0.5, 0.6) is 5.75 Å². The quantitative estimate of drug-likeness (QED) is 0.781. The van der Waals surface area contributed by atoms with Crippen LogP contribution in [0.15, 0.2) is 36.8 Å². The molecule has 2 aliphatic rings. The van der Waals surface area contributed by atoms with Gasteiger partial charge in [0.1, 0.15) is 11.6 Å². The Morgan fingerprint density at radius 3 is 2.41 bits per heavy atom. The van der Waals surface area contributed by atoms with E-state index in [0.717, 1.165) is 50.8 Å². The Bertz CT molecular complexity index is 725. The standard InChI is InChI=1S/C21H29N5O/c1-27-20-5-4-18(14-19(20)17-24-8-2-3-9-24)16-25-10-12-26(13-11-25)21-15-22-6-7-23-21/h4-7,14-15H,2-3,8-13,16-17H2,1H3. The fraction of sp³-hybridized carbons (Fsp3) is 0.524. The molecule has 0 saturated carbocycles. The summed E-state index contributed by atoms with van der Waals surface area (Å²) in [6, 6.07) is 6.68. The van der Waals surface area contributed by atoms with E-state index in [2.05, 4.69) is 42.9 Å². The lowest BCUT2D eigenvalue weighted by molar-refractivity contribution is 0.249. The molecule has 1 aromatic heterocycles. The highest BCUT2D eigenvalue weighted by Crippen LogP contribution is 2.24. The molecule has 0 bridgehead atoms. The van der Waals surface area contributed by atoms with Crippen LogP contribution in [-0.2, 0) is 13.1 Å². The van der Waals surface area contributed by atoms with E-state index in [-0.39, 0.29) is 0 Å². The summed E-state index contributed by atoms with van der Waals surface area (Å²) >= 11 is 0. The smallest absolute Gasteiger partial charge is 0.147 e. The summed E-state index contributed by atoms with van der Waals surface area (Å²) in [5, 5.41) is 0. The van der Waals surface area contributed by atoms with Crippen molar-refractivity contribution in [3.8, 4) is 5.75 Å². The summed E-state index contributed by atoms with van der Waals surface area (Å²) in [4.78, 5) is 16.0. The molecule has 0 spiro atoms. The first-order chi connectivity index (χ1) is 13.3. The van der Waals surface area contributed by atoms with E-state index >= 15 is 0 Å². The zero-order valence-corrected chi connectivity index (χ0v) is 16.2. The van der Waals surface area contributed by atoms with Crippen molar-refractivity contribution < 1.29 is 4.74 Å². The average Bonchev–Trinajstić information content (AvgIpc) is 3.23. The van der Waals surface area contributed by atoms with E-state index in [1.807, 2.05) is 6.20 Å². The number of benzene rings is 1. The number of hydrogen-bond acceptors (Lipinski definition) is 6. The maximum atomic E-state index is 5.60. The maximum Gasteiger partial charge on any atom is 0.147 e. The number of rotatable bonds is 6. The SMILES string of the molecule is COc1ccc(CN2CCN(c3cnccn3)CC2)cc1CN1CCCC1. The lowest BCUT2D eigenvalue weighted by Gasteiger charge is -2.35. The van der Waals surface area contributed by atoms with Crippen LogP contribution in [0, 0.1) is 0 Å². The highest BCUT2D eigenvalue weighted by Gasteiger charge is 2.19. The van der Waals surface area contributed by atoms with Crippen molar-refractivity contribution in [2.24, 2.45) is 0 Å². The van der Waals surface area contributed by atoms with Gasteiger partial charge in [0.05, 0.1) is 13.3 Å². The van der Waals surface area contributed by atoms with E-state index in [9.17, 15) is 0 Å². The van der Waals surface area contributed by atoms with Gasteiger partial charge in [0.15, 0.2) is 0 Å². The molecule has 2 aliphatic heterocycles. The van der Waals surface area contributed by atoms with Crippen molar-refractivity contribution in [2.45, 2.75) is 25.9 Å². The summed E-state index contributed by atoms with van der Waals surface area (Å²) in [6.07, 6.45) is 7.98. The highest BCUT2D eigenvalue weighted by molar-refractivity contribution is 5.38. The van der Waals surface area contributed by atoms with Crippen molar-refractivity contribution in [3.05, 3.63) is 47.9 Å². The van der Waals surface area contributed by atoms with Crippen LogP contribution in [0.4, 0.5) is 5.82 Å². The fourth-order valence-electron chi connectivity index (χ4n) is 4.08. The van der Waals surface area contributed by atoms with Crippen LogP contribution >= 0.6 is 0 Å². The number of nitrogens with zero attached hydrogens (tertiary/aromatic N) is 5. The van der Waals surface area contributed by atoms with Crippen LogP contribution in [-0.4, -0.2) is 66.1 Å². The molecule has 0 amide bonds. The number of methoxy groups -OCH3 is 1. The second-order valence-electron chi connectivity index (χ2n) is 7.46. The Morgan fingerprint density at radius 2 is 1.70 bits per heavy atom. The van der Waals surface area contributed by atoms with Gasteiger partial charge in [0, 0.05) is 57.2 Å². The minimum atomic E-state index is 0.981. The van der Waals surface area contributed by atoms with Crippen molar-refractivity contribution in [2.75, 3.05) is 51.3 Å². The molecule has 2 saturated heterocycles. The number of anilines is 1. The second kappa shape index (κ2) is 8.67. The van der Waals surface area contributed by atoms with Crippen LogP contribution < -0.4 is 9.64 Å². The van der Waals surface area contributed by atoms with Gasteiger partial charge in [0.25, 0.3) is 0 Å². The maximum absolute atomic E-state index is 5.60. The summed E-state index contributed by atoms with van der Waals surface area (Å²) < 4.78 is 5.60. The van der Waals surface area contributed by atoms with E-state index in [4.69, 9.17) is 4.74 Å². The molecule has 0 N–H and O–H groups in total. The van der Waals surface area contributed by atoms with Gasteiger partial charge < -0.3 is 9.64 Å². The largest absolute Gasteiger partial charge is 0.496 e. The molecular formula is C21H29N5O. The molecule has 0 radical (unpaired) electrons. The average molecular weight is 367 g/mol. The van der Waals surface area contributed by atoms with Gasteiger partial charge >= 0.3 is 0 Å². The summed E-state index contributed by atoms with van der Waals surface area (Å²) in [5.41, 5.74) is 2.69. The Hall–Kier alpha value is -2.18. The summed E-state index contributed by atoms with van der Waals surface area (Å²) in [5.74, 6) is 1.99. The van der Waals surface area contributed by atoms with Gasteiger partial charge in [-0.2, -0.15) is 0 Å². The van der Waals surface area contributed by atoms with Crippen molar-refractivity contribution in [1.82, 2.24) is 19.8 Å². The first-order valence-corrected chi connectivity index (χ1v) is 9.93. The predicted octanol–water partition coefficient (Wildman–Crippen LogP) is 2.40. The first-order valence-electron chi connectivity index (χ1n) is 9.93. The molecule has 0 aliphatic carbocycles. The Kier molecular flexibility index (Phi) is 5.84. The van der Waals surface area contributed by atoms with E-state index < -0.39 is 0 Å². The lowest BCUT2D eigenvalue weighted by atomic mass is 10.1. The van der Waals surface area contributed by atoms with Gasteiger partial charge in [0.2, 0.25) is 0 Å². The zero-order chi connectivity index (χ0) is 18.5. The molecule has 1 aromatic carbocycles. The third-order valence-corrected chi connectivity index (χ3v) is 5.59. The van der Waals surface area contributed by atoms with Gasteiger partial charge in [-0.3, -0.25) is 14.8 Å². The van der Waals surface area contributed by atoms with Crippen LogP contribution in [0.2, 0.25) is 0 Å². The highest BCUT2D eigenvalue weighted by atomic mass is 16.5. The van der Waals surface area contributed by atoms with E-state index in [0.29, 0.717) is 0 Å². The van der Waals surface area contributed by atoms with E-state index in [1.165, 1.54) is 37.1 Å². The number of aromatic nitrogens is 2. The molecule has 144 valence electrons. The van der Waals surface area contributed by atoms with Gasteiger partial charge in [-0.05, 0) is 43.6 Å². The van der Waals surface area contributed by atoms with Crippen LogP contribution in [0.25, 0.3) is 0 Å². The molecule has 4 rings (SSSR count).